The Morgan fingerprint density at radius 2 is 1.77 bits per heavy atom. The Kier molecular flexibility index (Phi) is 7.26. The minimum atomic E-state index is 0. The van der Waals surface area contributed by atoms with Crippen LogP contribution in [0, 0.1) is 0 Å². The van der Waals surface area contributed by atoms with Gasteiger partial charge >= 0.3 is 0 Å². The smallest absolute Gasteiger partial charge is 0.156 e. The van der Waals surface area contributed by atoms with Crippen LogP contribution in [0.3, 0.4) is 0 Å². The number of unbranched alkanes of at least 4 members (excludes halogenated alkanes) is 1. The standard InChI is InChI=1S/C18H20Cl2N4O.CH4/c1-24(2)8-4-3-7-21-18-17(16-6-5-9-25-16)22-14-10-12(19)13(20)11-15(14)23-18;/h5-6,9-11H,3-4,7-8H2,1-2H3,(H,21,23);1H4. The Balaban J connectivity index is 0.00000243. The molecule has 7 heteroatoms. The van der Waals surface area contributed by atoms with Gasteiger partial charge in [-0.1, -0.05) is 30.6 Å². The largest absolute Gasteiger partial charge is 0.463 e. The predicted octanol–water partition coefficient (Wildman–Crippen LogP) is 5.59. The zero-order chi connectivity index (χ0) is 17.8. The maximum Gasteiger partial charge on any atom is 0.156 e. The lowest BCUT2D eigenvalue weighted by Crippen LogP contribution is -2.14. The molecule has 1 aromatic carbocycles. The zero-order valence-electron chi connectivity index (χ0n) is 14.2. The van der Waals surface area contributed by atoms with Crippen molar-refractivity contribution in [2.45, 2.75) is 20.3 Å². The Labute approximate surface area is 164 Å². The lowest BCUT2D eigenvalue weighted by atomic mass is 10.2. The Morgan fingerprint density at radius 1 is 1.08 bits per heavy atom. The van der Waals surface area contributed by atoms with Crippen LogP contribution in [0.25, 0.3) is 22.5 Å². The maximum atomic E-state index is 6.11. The van der Waals surface area contributed by atoms with Crippen LogP contribution in [0.1, 0.15) is 20.3 Å². The van der Waals surface area contributed by atoms with E-state index in [1.54, 1.807) is 18.4 Å². The van der Waals surface area contributed by atoms with Crippen molar-refractivity contribution in [1.82, 2.24) is 14.9 Å². The van der Waals surface area contributed by atoms with E-state index in [0.717, 1.165) is 25.9 Å². The summed E-state index contributed by atoms with van der Waals surface area (Å²) in [4.78, 5) is 11.5. The van der Waals surface area contributed by atoms with Crippen molar-refractivity contribution < 1.29 is 4.42 Å². The minimum Gasteiger partial charge on any atom is -0.463 e. The van der Waals surface area contributed by atoms with Crippen LogP contribution in [0.2, 0.25) is 10.0 Å². The van der Waals surface area contributed by atoms with Gasteiger partial charge in [0.25, 0.3) is 0 Å². The van der Waals surface area contributed by atoms with Gasteiger partial charge in [0.15, 0.2) is 11.6 Å². The third-order valence-electron chi connectivity index (χ3n) is 3.79. The molecule has 0 radical (unpaired) electrons. The monoisotopic (exact) mass is 394 g/mol. The second kappa shape index (κ2) is 9.21. The van der Waals surface area contributed by atoms with Crippen LogP contribution in [-0.4, -0.2) is 42.1 Å². The lowest BCUT2D eigenvalue weighted by molar-refractivity contribution is 0.396. The van der Waals surface area contributed by atoms with Gasteiger partial charge in [-0.3, -0.25) is 0 Å². The highest BCUT2D eigenvalue weighted by molar-refractivity contribution is 6.42. The summed E-state index contributed by atoms with van der Waals surface area (Å²) < 4.78 is 5.51. The van der Waals surface area contributed by atoms with Crippen LogP contribution in [0.5, 0.6) is 0 Å². The maximum absolute atomic E-state index is 6.11. The van der Waals surface area contributed by atoms with E-state index in [4.69, 9.17) is 27.6 Å². The quantitative estimate of drug-likeness (QED) is 0.529. The van der Waals surface area contributed by atoms with E-state index < -0.39 is 0 Å². The molecular weight excluding hydrogens is 371 g/mol. The summed E-state index contributed by atoms with van der Waals surface area (Å²) in [5.41, 5.74) is 2.04. The summed E-state index contributed by atoms with van der Waals surface area (Å²) in [6.07, 6.45) is 3.77. The summed E-state index contributed by atoms with van der Waals surface area (Å²) in [7, 11) is 4.15. The van der Waals surface area contributed by atoms with Gasteiger partial charge in [-0.05, 0) is 57.7 Å². The topological polar surface area (TPSA) is 54.2 Å². The predicted molar refractivity (Wildman–Crippen MR) is 110 cm³/mol. The van der Waals surface area contributed by atoms with Gasteiger partial charge in [-0.2, -0.15) is 0 Å². The molecule has 0 spiro atoms. The fourth-order valence-corrected chi connectivity index (χ4v) is 2.84. The van der Waals surface area contributed by atoms with Crippen molar-refractivity contribution in [3.63, 3.8) is 0 Å². The van der Waals surface area contributed by atoms with Gasteiger partial charge in [0.2, 0.25) is 0 Å². The Hall–Kier alpha value is -1.82. The van der Waals surface area contributed by atoms with E-state index in [1.807, 2.05) is 12.1 Å². The number of benzene rings is 1. The van der Waals surface area contributed by atoms with Crippen molar-refractivity contribution in [2.24, 2.45) is 0 Å². The minimum absolute atomic E-state index is 0. The molecule has 0 fully saturated rings. The Morgan fingerprint density at radius 3 is 2.38 bits per heavy atom. The molecule has 0 saturated heterocycles. The highest BCUT2D eigenvalue weighted by Crippen LogP contribution is 2.31. The second-order valence-electron chi connectivity index (χ2n) is 6.09. The van der Waals surface area contributed by atoms with Crippen LogP contribution in [0.15, 0.2) is 34.9 Å². The van der Waals surface area contributed by atoms with Crippen LogP contribution in [-0.2, 0) is 0 Å². The Bertz CT molecular complexity index is 850. The molecule has 0 aliphatic heterocycles. The molecule has 2 aromatic heterocycles. The molecule has 140 valence electrons. The van der Waals surface area contributed by atoms with Crippen LogP contribution < -0.4 is 5.32 Å². The molecular formula is C19H24Cl2N4O. The fraction of sp³-hybridized carbons (Fsp3) is 0.368. The van der Waals surface area contributed by atoms with E-state index in [2.05, 4.69) is 34.3 Å². The second-order valence-corrected chi connectivity index (χ2v) is 6.90. The normalized spacial score (nSPS) is 11.0. The van der Waals surface area contributed by atoms with E-state index in [1.165, 1.54) is 0 Å². The summed E-state index contributed by atoms with van der Waals surface area (Å²) in [6, 6.07) is 7.15. The first-order chi connectivity index (χ1) is 12.0. The average Bonchev–Trinajstić information content (AvgIpc) is 3.09. The molecule has 3 aromatic rings. The molecule has 2 heterocycles. The first kappa shape index (κ1) is 20.5. The number of hydrogen-bond acceptors (Lipinski definition) is 5. The van der Waals surface area contributed by atoms with Crippen LogP contribution >= 0.6 is 23.2 Å². The first-order valence-corrected chi connectivity index (χ1v) is 8.89. The SMILES string of the molecule is C.CN(C)CCCCNc1nc2cc(Cl)c(Cl)cc2nc1-c1ccco1. The number of furan rings is 1. The molecule has 0 saturated carbocycles. The van der Waals surface area contributed by atoms with Crippen molar-refractivity contribution in [1.29, 1.82) is 0 Å². The summed E-state index contributed by atoms with van der Waals surface area (Å²) in [5, 5.41) is 4.29. The van der Waals surface area contributed by atoms with Crippen molar-refractivity contribution >= 4 is 40.1 Å². The number of fused-ring (bicyclic) bond motifs is 1. The molecule has 0 aliphatic carbocycles. The molecule has 5 nitrogen and oxygen atoms in total. The highest BCUT2D eigenvalue weighted by Gasteiger charge is 2.14. The third kappa shape index (κ3) is 4.87. The van der Waals surface area contributed by atoms with E-state index in [0.29, 0.717) is 38.4 Å². The lowest BCUT2D eigenvalue weighted by Gasteiger charge is -2.12. The number of nitrogens with one attached hydrogen (secondary N) is 1. The molecule has 3 rings (SSSR count). The van der Waals surface area contributed by atoms with E-state index >= 15 is 0 Å². The number of anilines is 1. The summed E-state index contributed by atoms with van der Waals surface area (Å²) in [6.45, 7) is 1.87. The van der Waals surface area contributed by atoms with Gasteiger partial charge in [0.1, 0.15) is 5.69 Å². The number of nitrogens with zero attached hydrogens (tertiary/aromatic N) is 3. The van der Waals surface area contributed by atoms with Crippen molar-refractivity contribution in [2.75, 3.05) is 32.5 Å². The number of hydrogen-bond donors (Lipinski definition) is 1. The molecule has 26 heavy (non-hydrogen) atoms. The molecule has 0 aliphatic rings. The molecule has 0 amide bonds. The van der Waals surface area contributed by atoms with E-state index in [-0.39, 0.29) is 7.43 Å². The molecule has 1 N–H and O–H groups in total. The van der Waals surface area contributed by atoms with Gasteiger partial charge in [0.05, 0.1) is 27.3 Å². The molecule has 0 atom stereocenters. The zero-order valence-corrected chi connectivity index (χ0v) is 15.7. The van der Waals surface area contributed by atoms with Crippen LogP contribution in [0.4, 0.5) is 5.82 Å². The third-order valence-corrected chi connectivity index (χ3v) is 4.51. The summed E-state index contributed by atoms with van der Waals surface area (Å²) >= 11 is 12.2. The number of aromatic nitrogens is 2. The van der Waals surface area contributed by atoms with Gasteiger partial charge in [0, 0.05) is 6.54 Å². The first-order valence-electron chi connectivity index (χ1n) is 8.14. The van der Waals surface area contributed by atoms with Crippen molar-refractivity contribution in [3.05, 3.63) is 40.6 Å². The van der Waals surface area contributed by atoms with Gasteiger partial charge in [-0.25, -0.2) is 9.97 Å². The number of rotatable bonds is 7. The fourth-order valence-electron chi connectivity index (χ4n) is 2.52. The average molecular weight is 395 g/mol. The number of halogens is 2. The molecule has 0 bridgehead atoms. The van der Waals surface area contributed by atoms with Gasteiger partial charge < -0.3 is 14.6 Å². The van der Waals surface area contributed by atoms with Gasteiger partial charge in [-0.15, -0.1) is 0 Å². The van der Waals surface area contributed by atoms with Crippen molar-refractivity contribution in [3.8, 4) is 11.5 Å². The van der Waals surface area contributed by atoms with E-state index in [9.17, 15) is 0 Å². The highest BCUT2D eigenvalue weighted by atomic mass is 35.5. The summed E-state index contributed by atoms with van der Waals surface area (Å²) in [5.74, 6) is 1.35. The molecule has 0 unspecified atom stereocenters.